The van der Waals surface area contributed by atoms with Gasteiger partial charge < -0.3 is 5.73 Å². The van der Waals surface area contributed by atoms with Crippen LogP contribution in [0.1, 0.15) is 35.0 Å². The summed E-state index contributed by atoms with van der Waals surface area (Å²) in [5, 5.41) is 0.990. The lowest BCUT2D eigenvalue weighted by molar-refractivity contribution is 0.0988. The smallest absolute Gasteiger partial charge is 0.187 e. The molecule has 2 aromatic rings. The van der Waals surface area contributed by atoms with Gasteiger partial charge in [-0.05, 0) is 37.1 Å². The zero-order valence-electron chi connectivity index (χ0n) is 13.9. The number of pyridine rings is 1. The van der Waals surface area contributed by atoms with Gasteiger partial charge in [0.05, 0.1) is 15.6 Å². The quantitative estimate of drug-likeness (QED) is 0.745. The number of aromatic nitrogens is 1. The number of Topliss-reactive ketones (excluding diaryl/α,β-unsaturated/α-hetero) is 1. The molecule has 4 nitrogen and oxygen atoms in total. The molecular formula is C18H16Cl2FN3OS. The number of ketones is 1. The predicted molar refractivity (Wildman–Crippen MR) is 105 cm³/mol. The Kier molecular flexibility index (Phi) is 5.55. The Balaban J connectivity index is 1.90. The Bertz CT molecular complexity index is 906. The highest BCUT2D eigenvalue weighted by atomic mass is 35.5. The van der Waals surface area contributed by atoms with Crippen molar-refractivity contribution in [3.63, 3.8) is 0 Å². The molecule has 1 aromatic heterocycles. The molecule has 2 N–H and O–H groups in total. The normalized spacial score (nSPS) is 19.9. The average Bonchev–Trinajstić information content (AvgIpc) is 2.56. The molecule has 0 spiro atoms. The number of hydrogen-bond donors (Lipinski definition) is 1. The predicted octanol–water partition coefficient (Wildman–Crippen LogP) is 4.62. The first-order chi connectivity index (χ1) is 12.3. The van der Waals surface area contributed by atoms with Crippen LogP contribution in [-0.4, -0.2) is 21.7 Å². The third-order valence-corrected chi connectivity index (χ3v) is 5.53. The second-order valence-corrected chi connectivity index (χ2v) is 8.18. The maximum Gasteiger partial charge on any atom is 0.187 e. The van der Waals surface area contributed by atoms with E-state index < -0.39 is 5.54 Å². The van der Waals surface area contributed by atoms with Gasteiger partial charge in [0.15, 0.2) is 11.0 Å². The monoisotopic (exact) mass is 411 g/mol. The first-order valence-electron chi connectivity index (χ1n) is 7.90. The lowest BCUT2D eigenvalue weighted by Gasteiger charge is -2.30. The second kappa shape index (κ2) is 7.55. The fourth-order valence-electron chi connectivity index (χ4n) is 2.86. The van der Waals surface area contributed by atoms with Crippen LogP contribution < -0.4 is 5.73 Å². The van der Waals surface area contributed by atoms with Crippen LogP contribution in [0.5, 0.6) is 0 Å². The third-order valence-electron chi connectivity index (χ3n) is 4.24. The Morgan fingerprint density at radius 1 is 1.38 bits per heavy atom. The number of halogens is 3. The van der Waals surface area contributed by atoms with E-state index in [9.17, 15) is 9.18 Å². The Morgan fingerprint density at radius 2 is 2.15 bits per heavy atom. The molecule has 8 heteroatoms. The molecule has 3 rings (SSSR count). The van der Waals surface area contributed by atoms with E-state index in [-0.39, 0.29) is 28.7 Å². The number of benzene rings is 1. The van der Waals surface area contributed by atoms with Crippen LogP contribution in [0.2, 0.25) is 10.0 Å². The van der Waals surface area contributed by atoms with E-state index in [1.165, 1.54) is 30.1 Å². The fraction of sp³-hybridized carbons (Fsp3) is 0.278. The molecule has 1 aromatic carbocycles. The largest absolute Gasteiger partial charge is 0.379 e. The lowest BCUT2D eigenvalue weighted by atomic mass is 9.87. The summed E-state index contributed by atoms with van der Waals surface area (Å²) in [4.78, 5) is 20.9. The summed E-state index contributed by atoms with van der Waals surface area (Å²) in [6.45, 7) is 1.85. The molecule has 0 bridgehead atoms. The molecule has 1 aliphatic rings. The van der Waals surface area contributed by atoms with Crippen molar-refractivity contribution in [3.8, 4) is 0 Å². The van der Waals surface area contributed by atoms with E-state index in [4.69, 9.17) is 28.9 Å². The zero-order chi connectivity index (χ0) is 18.9. The van der Waals surface area contributed by atoms with Gasteiger partial charge in [-0.3, -0.25) is 9.79 Å². The minimum absolute atomic E-state index is 0.0473. The van der Waals surface area contributed by atoms with E-state index in [0.29, 0.717) is 27.7 Å². The number of aliphatic imine (C=N–C) groups is 1. The van der Waals surface area contributed by atoms with Crippen molar-refractivity contribution < 1.29 is 9.18 Å². The van der Waals surface area contributed by atoms with Crippen molar-refractivity contribution in [1.82, 2.24) is 4.98 Å². The molecule has 26 heavy (non-hydrogen) atoms. The second-order valence-electron chi connectivity index (χ2n) is 6.22. The number of carbonyl (C=O) groups is 1. The molecule has 0 unspecified atom stereocenters. The molecule has 2 heterocycles. The van der Waals surface area contributed by atoms with Crippen LogP contribution in [-0.2, 0) is 12.0 Å². The Labute approximate surface area is 165 Å². The topological polar surface area (TPSA) is 68.3 Å². The zero-order valence-corrected chi connectivity index (χ0v) is 16.3. The standard InChI is InChI=1S/C18H16Cl2FN3OS/c1-18(4-5-26-17(22)24-18)12-6-10(2-3-14(12)21)7-15(25)16-13(20)8-11(19)9-23-16/h2-3,6,8-9H,4-5,7H2,1H3,(H2,22,24)/t18-/m0/s1. The van der Waals surface area contributed by atoms with E-state index in [2.05, 4.69) is 9.98 Å². The summed E-state index contributed by atoms with van der Waals surface area (Å²) in [5.41, 5.74) is 6.32. The van der Waals surface area contributed by atoms with Crippen LogP contribution in [0.4, 0.5) is 4.39 Å². The van der Waals surface area contributed by atoms with Gasteiger partial charge >= 0.3 is 0 Å². The Hall–Kier alpha value is -1.63. The maximum atomic E-state index is 14.4. The number of nitrogens with zero attached hydrogens (tertiary/aromatic N) is 2. The number of thioether (sulfide) groups is 1. The number of nitrogens with two attached hydrogens (primary N) is 1. The highest BCUT2D eigenvalue weighted by Gasteiger charge is 2.32. The molecule has 1 atom stereocenters. The maximum absolute atomic E-state index is 14.4. The molecule has 136 valence electrons. The highest BCUT2D eigenvalue weighted by molar-refractivity contribution is 8.13. The number of amidine groups is 1. The van der Waals surface area contributed by atoms with Gasteiger partial charge in [-0.25, -0.2) is 9.37 Å². The molecular weight excluding hydrogens is 396 g/mol. The van der Waals surface area contributed by atoms with Gasteiger partial charge in [0, 0.05) is 23.9 Å². The molecule has 0 radical (unpaired) electrons. The van der Waals surface area contributed by atoms with Gasteiger partial charge in [0.2, 0.25) is 0 Å². The first-order valence-corrected chi connectivity index (χ1v) is 9.64. The lowest BCUT2D eigenvalue weighted by Crippen LogP contribution is -2.29. The highest BCUT2D eigenvalue weighted by Crippen LogP contribution is 2.37. The van der Waals surface area contributed by atoms with Crippen molar-refractivity contribution in [2.75, 3.05) is 5.75 Å². The van der Waals surface area contributed by atoms with Gasteiger partial charge in [0.25, 0.3) is 0 Å². The summed E-state index contributed by atoms with van der Waals surface area (Å²) in [5.74, 6) is 0.130. The van der Waals surface area contributed by atoms with E-state index in [0.717, 1.165) is 5.75 Å². The van der Waals surface area contributed by atoms with Crippen molar-refractivity contribution in [2.45, 2.75) is 25.3 Å². The summed E-state index contributed by atoms with van der Waals surface area (Å²) >= 11 is 13.3. The summed E-state index contributed by atoms with van der Waals surface area (Å²) in [7, 11) is 0. The van der Waals surface area contributed by atoms with E-state index in [1.807, 2.05) is 6.92 Å². The average molecular weight is 412 g/mol. The van der Waals surface area contributed by atoms with Gasteiger partial charge in [-0.2, -0.15) is 0 Å². The molecule has 0 amide bonds. The molecule has 0 saturated heterocycles. The summed E-state index contributed by atoms with van der Waals surface area (Å²) < 4.78 is 14.4. The molecule has 0 fully saturated rings. The van der Waals surface area contributed by atoms with Crippen molar-refractivity contribution in [3.05, 3.63) is 63.1 Å². The van der Waals surface area contributed by atoms with E-state index >= 15 is 0 Å². The molecule has 1 aliphatic heterocycles. The van der Waals surface area contributed by atoms with Crippen molar-refractivity contribution >= 4 is 45.9 Å². The number of hydrogen-bond acceptors (Lipinski definition) is 5. The number of rotatable bonds is 4. The van der Waals surface area contributed by atoms with E-state index in [1.54, 1.807) is 12.1 Å². The van der Waals surface area contributed by atoms with Crippen molar-refractivity contribution in [1.29, 1.82) is 0 Å². The van der Waals surface area contributed by atoms with Crippen LogP contribution in [0.15, 0.2) is 35.5 Å². The molecule has 0 saturated carbocycles. The molecule has 0 aliphatic carbocycles. The van der Waals surface area contributed by atoms with Crippen LogP contribution in [0.3, 0.4) is 0 Å². The fourth-order valence-corrected chi connectivity index (χ4v) is 4.32. The SMILES string of the molecule is C[C@@]1(c2cc(CC(=O)c3ncc(Cl)cc3Cl)ccc2F)CCSC(N)=N1. The van der Waals surface area contributed by atoms with Crippen LogP contribution in [0, 0.1) is 5.82 Å². The van der Waals surface area contributed by atoms with Crippen LogP contribution in [0.25, 0.3) is 0 Å². The Morgan fingerprint density at radius 3 is 2.85 bits per heavy atom. The minimum Gasteiger partial charge on any atom is -0.379 e. The van der Waals surface area contributed by atoms with Crippen molar-refractivity contribution in [2.24, 2.45) is 10.7 Å². The van der Waals surface area contributed by atoms with Gasteiger partial charge in [0.1, 0.15) is 11.5 Å². The third kappa shape index (κ3) is 4.03. The van der Waals surface area contributed by atoms with Gasteiger partial charge in [-0.15, -0.1) is 0 Å². The van der Waals surface area contributed by atoms with Gasteiger partial charge in [-0.1, -0.05) is 41.0 Å². The minimum atomic E-state index is -0.741. The summed E-state index contributed by atoms with van der Waals surface area (Å²) in [6, 6.07) is 6.07. The first kappa shape index (κ1) is 19.1. The number of carbonyl (C=O) groups excluding carboxylic acids is 1. The summed E-state index contributed by atoms with van der Waals surface area (Å²) in [6.07, 6.45) is 2.08. The van der Waals surface area contributed by atoms with Crippen LogP contribution >= 0.6 is 35.0 Å².